The van der Waals surface area contributed by atoms with Gasteiger partial charge in [0.2, 0.25) is 5.91 Å². The van der Waals surface area contributed by atoms with Crippen LogP contribution in [0.4, 0.5) is 4.39 Å². The molecule has 4 rings (SSSR count). The second-order valence-electron chi connectivity index (χ2n) is 7.09. The summed E-state index contributed by atoms with van der Waals surface area (Å²) in [5, 5.41) is 6.54. The molecule has 28 heavy (non-hydrogen) atoms. The number of para-hydroxylation sites is 1. The standard InChI is InChI=1S/C20H21FN4O2S/c1-12-23-16(11-28-12)8-18(26)24-15-7-14(21)9-25(10-15)20(27)17-4-2-3-13-5-6-22-19(13)17/h2-6,11,14-15,22H,7-10H2,1H3,(H,24,26)/t14-,15+/m1/s1. The van der Waals surface area contributed by atoms with E-state index in [1.54, 1.807) is 12.3 Å². The van der Waals surface area contributed by atoms with Gasteiger partial charge in [0.05, 0.1) is 34.7 Å². The maximum absolute atomic E-state index is 14.3. The van der Waals surface area contributed by atoms with E-state index in [9.17, 15) is 14.0 Å². The Morgan fingerprint density at radius 3 is 3.00 bits per heavy atom. The van der Waals surface area contributed by atoms with Crippen molar-refractivity contribution in [2.24, 2.45) is 0 Å². The van der Waals surface area contributed by atoms with Gasteiger partial charge in [-0.25, -0.2) is 9.37 Å². The summed E-state index contributed by atoms with van der Waals surface area (Å²) in [7, 11) is 0. The average Bonchev–Trinajstić information content (AvgIpc) is 3.29. The van der Waals surface area contributed by atoms with Gasteiger partial charge >= 0.3 is 0 Å². The maximum Gasteiger partial charge on any atom is 0.256 e. The van der Waals surface area contributed by atoms with Crippen LogP contribution in [0.15, 0.2) is 35.8 Å². The number of carbonyl (C=O) groups is 2. The van der Waals surface area contributed by atoms with Gasteiger partial charge in [0.1, 0.15) is 6.17 Å². The number of nitrogens with zero attached hydrogens (tertiary/aromatic N) is 2. The van der Waals surface area contributed by atoms with Crippen molar-refractivity contribution in [1.29, 1.82) is 0 Å². The van der Waals surface area contributed by atoms with Crippen molar-refractivity contribution in [1.82, 2.24) is 20.2 Å². The summed E-state index contributed by atoms with van der Waals surface area (Å²) < 4.78 is 14.3. The number of rotatable bonds is 4. The van der Waals surface area contributed by atoms with E-state index in [0.29, 0.717) is 11.3 Å². The number of amides is 2. The summed E-state index contributed by atoms with van der Waals surface area (Å²) in [6.07, 6.45) is 0.970. The van der Waals surface area contributed by atoms with Crippen LogP contribution in [-0.4, -0.2) is 52.0 Å². The largest absolute Gasteiger partial charge is 0.361 e. The van der Waals surface area contributed by atoms with Crippen LogP contribution in [0.5, 0.6) is 0 Å². The topological polar surface area (TPSA) is 78.1 Å². The summed E-state index contributed by atoms with van der Waals surface area (Å²) in [6.45, 7) is 2.21. The average molecular weight is 400 g/mol. The number of carbonyl (C=O) groups excluding carboxylic acids is 2. The molecule has 1 aliphatic heterocycles. The molecule has 0 spiro atoms. The molecule has 1 saturated heterocycles. The lowest BCUT2D eigenvalue weighted by Gasteiger charge is -2.35. The van der Waals surface area contributed by atoms with Crippen molar-refractivity contribution >= 4 is 34.1 Å². The van der Waals surface area contributed by atoms with E-state index in [-0.39, 0.29) is 37.7 Å². The van der Waals surface area contributed by atoms with Crippen molar-refractivity contribution < 1.29 is 14.0 Å². The molecule has 3 heterocycles. The zero-order valence-electron chi connectivity index (χ0n) is 15.4. The molecular formula is C20H21FN4O2S. The quantitative estimate of drug-likeness (QED) is 0.707. The molecule has 8 heteroatoms. The summed E-state index contributed by atoms with van der Waals surface area (Å²) in [5.74, 6) is -0.437. The number of benzene rings is 1. The summed E-state index contributed by atoms with van der Waals surface area (Å²) >= 11 is 1.49. The SMILES string of the molecule is Cc1nc(CC(=O)N[C@H]2C[C@@H](F)CN(C(=O)c3cccc4cc[nH]c34)C2)cs1. The number of likely N-dealkylation sites (tertiary alicyclic amines) is 1. The highest BCUT2D eigenvalue weighted by Crippen LogP contribution is 2.22. The van der Waals surface area contributed by atoms with Crippen LogP contribution in [0, 0.1) is 6.92 Å². The number of H-pyrrole nitrogens is 1. The number of halogens is 1. The molecule has 0 saturated carbocycles. The third-order valence-corrected chi connectivity index (χ3v) is 5.70. The second-order valence-corrected chi connectivity index (χ2v) is 8.15. The van der Waals surface area contributed by atoms with Gasteiger partial charge in [-0.15, -0.1) is 11.3 Å². The highest BCUT2D eigenvalue weighted by Gasteiger charge is 2.32. The normalized spacial score (nSPS) is 19.7. The summed E-state index contributed by atoms with van der Waals surface area (Å²) in [5.41, 5.74) is 1.96. The summed E-state index contributed by atoms with van der Waals surface area (Å²) in [6, 6.07) is 6.95. The molecule has 0 radical (unpaired) electrons. The first kappa shape index (κ1) is 18.6. The van der Waals surface area contributed by atoms with Crippen molar-refractivity contribution in [3.8, 4) is 0 Å². The van der Waals surface area contributed by atoms with Crippen LogP contribution in [0.25, 0.3) is 10.9 Å². The molecule has 0 aliphatic carbocycles. The lowest BCUT2D eigenvalue weighted by Crippen LogP contribution is -2.53. The minimum absolute atomic E-state index is 0.0353. The number of hydrogen-bond donors (Lipinski definition) is 2. The highest BCUT2D eigenvalue weighted by atomic mass is 32.1. The number of nitrogens with one attached hydrogen (secondary N) is 2. The van der Waals surface area contributed by atoms with Crippen molar-refractivity contribution in [3.63, 3.8) is 0 Å². The monoisotopic (exact) mass is 400 g/mol. The molecular weight excluding hydrogens is 379 g/mol. The van der Waals surface area contributed by atoms with Crippen molar-refractivity contribution in [2.75, 3.05) is 13.1 Å². The molecule has 0 unspecified atom stereocenters. The highest BCUT2D eigenvalue weighted by molar-refractivity contribution is 7.09. The lowest BCUT2D eigenvalue weighted by molar-refractivity contribution is -0.121. The number of aryl methyl sites for hydroxylation is 1. The fourth-order valence-corrected chi connectivity index (χ4v) is 4.29. The third kappa shape index (κ3) is 3.91. The molecule has 2 atom stereocenters. The number of aromatic amines is 1. The van der Waals surface area contributed by atoms with Crippen LogP contribution in [0.3, 0.4) is 0 Å². The Hall–Kier alpha value is -2.74. The van der Waals surface area contributed by atoms with Gasteiger partial charge in [-0.1, -0.05) is 12.1 Å². The predicted octanol–water partition coefficient (Wildman–Crippen LogP) is 2.84. The second kappa shape index (κ2) is 7.71. The summed E-state index contributed by atoms with van der Waals surface area (Å²) in [4.78, 5) is 34.2. The van der Waals surface area contributed by atoms with Crippen LogP contribution in [0.2, 0.25) is 0 Å². The van der Waals surface area contributed by atoms with Gasteiger partial charge in [-0.2, -0.15) is 0 Å². The van der Waals surface area contributed by atoms with Crippen molar-refractivity contribution in [2.45, 2.75) is 32.0 Å². The fourth-order valence-electron chi connectivity index (χ4n) is 3.67. The van der Waals surface area contributed by atoms with Crippen LogP contribution in [0.1, 0.15) is 27.5 Å². The van der Waals surface area contributed by atoms with Gasteiger partial charge in [-0.3, -0.25) is 9.59 Å². The number of aromatic nitrogens is 2. The number of alkyl halides is 1. The Balaban J connectivity index is 1.45. The number of hydrogen-bond acceptors (Lipinski definition) is 4. The van der Waals surface area contributed by atoms with E-state index in [4.69, 9.17) is 0 Å². The molecule has 2 amide bonds. The fraction of sp³-hybridized carbons (Fsp3) is 0.350. The van der Waals surface area contributed by atoms with Crippen LogP contribution < -0.4 is 5.32 Å². The number of piperidine rings is 1. The smallest absolute Gasteiger partial charge is 0.256 e. The molecule has 1 fully saturated rings. The Morgan fingerprint density at radius 1 is 1.36 bits per heavy atom. The Kier molecular flexibility index (Phi) is 5.13. The molecule has 0 bridgehead atoms. The molecule has 146 valence electrons. The minimum atomic E-state index is -1.17. The van der Waals surface area contributed by atoms with E-state index in [1.165, 1.54) is 16.2 Å². The minimum Gasteiger partial charge on any atom is -0.361 e. The van der Waals surface area contributed by atoms with Gasteiger partial charge in [0.25, 0.3) is 5.91 Å². The molecule has 1 aliphatic rings. The number of fused-ring (bicyclic) bond motifs is 1. The molecule has 1 aromatic carbocycles. The Bertz CT molecular complexity index is 1010. The first-order valence-electron chi connectivity index (χ1n) is 9.19. The van der Waals surface area contributed by atoms with E-state index < -0.39 is 12.2 Å². The number of thiazole rings is 1. The van der Waals surface area contributed by atoms with Gasteiger partial charge in [0, 0.05) is 36.0 Å². The van der Waals surface area contributed by atoms with E-state index >= 15 is 0 Å². The van der Waals surface area contributed by atoms with Crippen LogP contribution >= 0.6 is 11.3 Å². The molecule has 6 nitrogen and oxygen atoms in total. The van der Waals surface area contributed by atoms with Gasteiger partial charge < -0.3 is 15.2 Å². The first-order chi connectivity index (χ1) is 13.5. The van der Waals surface area contributed by atoms with Crippen molar-refractivity contribution in [3.05, 3.63) is 52.1 Å². The maximum atomic E-state index is 14.3. The lowest BCUT2D eigenvalue weighted by atomic mass is 10.0. The molecule has 3 aromatic rings. The third-order valence-electron chi connectivity index (χ3n) is 4.88. The van der Waals surface area contributed by atoms with E-state index in [2.05, 4.69) is 15.3 Å². The van der Waals surface area contributed by atoms with Gasteiger partial charge in [0.15, 0.2) is 0 Å². The van der Waals surface area contributed by atoms with E-state index in [1.807, 2.05) is 30.5 Å². The molecule has 2 N–H and O–H groups in total. The van der Waals surface area contributed by atoms with Gasteiger partial charge in [-0.05, 0) is 19.1 Å². The predicted molar refractivity (Wildman–Crippen MR) is 106 cm³/mol. The first-order valence-corrected chi connectivity index (χ1v) is 10.1. The zero-order valence-corrected chi connectivity index (χ0v) is 16.3. The Morgan fingerprint density at radius 2 is 2.21 bits per heavy atom. The Labute approximate surface area is 165 Å². The van der Waals surface area contributed by atoms with Crippen LogP contribution in [-0.2, 0) is 11.2 Å². The zero-order chi connectivity index (χ0) is 19.7. The molecule has 2 aromatic heterocycles. The van der Waals surface area contributed by atoms with E-state index in [0.717, 1.165) is 15.9 Å².